The van der Waals surface area contributed by atoms with Crippen LogP contribution in [-0.2, 0) is 30.6 Å². The van der Waals surface area contributed by atoms with Gasteiger partial charge in [-0.25, -0.2) is 0 Å². The van der Waals surface area contributed by atoms with Crippen molar-refractivity contribution in [2.75, 3.05) is 25.2 Å². The van der Waals surface area contributed by atoms with Gasteiger partial charge in [0.05, 0.1) is 39.1 Å². The first-order valence-electron chi connectivity index (χ1n) is 18.4. The summed E-state index contributed by atoms with van der Waals surface area (Å²) in [7, 11) is 1.71. The molecule has 0 unspecified atom stereocenters. The van der Waals surface area contributed by atoms with Crippen LogP contribution in [0.3, 0.4) is 0 Å². The molecule has 58 heavy (non-hydrogen) atoms. The van der Waals surface area contributed by atoms with E-state index in [2.05, 4.69) is 137 Å². The molecule has 0 atom stereocenters. The number of nitrogens with zero attached hydrogens (tertiary/aromatic N) is 3. The van der Waals surface area contributed by atoms with E-state index in [-0.39, 0.29) is 59.6 Å². The van der Waals surface area contributed by atoms with Crippen LogP contribution in [0.15, 0.2) is 146 Å². The molecule has 0 amide bonds. The van der Waals surface area contributed by atoms with Crippen molar-refractivity contribution in [1.29, 1.82) is 0 Å². The summed E-state index contributed by atoms with van der Waals surface area (Å²) >= 11 is 0. The molecule has 0 radical (unpaired) electrons. The summed E-state index contributed by atoms with van der Waals surface area (Å²) in [5, 5.41) is 29.4. The van der Waals surface area contributed by atoms with Crippen molar-refractivity contribution < 1.29 is 40.8 Å². The van der Waals surface area contributed by atoms with E-state index in [0.29, 0.717) is 30.1 Å². The Bertz CT molecular complexity index is 2770. The van der Waals surface area contributed by atoms with Gasteiger partial charge in [0.25, 0.3) is 0 Å². The maximum absolute atomic E-state index is 12.5. The zero-order valence-corrected chi connectivity index (χ0v) is 37.7. The molecule has 2 N–H and O–H groups in total. The Morgan fingerprint density at radius 3 is 1.41 bits per heavy atom. The molecule has 292 valence electrons. The summed E-state index contributed by atoms with van der Waals surface area (Å²) in [6.45, 7) is 5.27. The third kappa shape index (κ3) is 7.18. The van der Waals surface area contributed by atoms with Gasteiger partial charge >= 0.3 is 0 Å². The first-order valence-corrected chi connectivity index (χ1v) is 18.4. The standard InChI is InChI=1S/C48H41N3O3.3CH3.Hf/c1-31-27-38(47(52)45(29-31)50-40-21-10-5-15-33(40)34-16-6-11-22-41(34)50)37-19-4-9-20-39(37)49(25-14-26-54-3)44-28-32(2)30-46(48(44)53)51-42-23-12-7-17-35(42)36-18-8-13-24-43(36)51;;;;/h4-13,15-24,27-30,52-53H,14,25-26H2,1-3H3;3*1H3;/q;2*-1;+1;. The van der Waals surface area contributed by atoms with Crippen molar-refractivity contribution in [1.82, 2.24) is 9.13 Å². The summed E-state index contributed by atoms with van der Waals surface area (Å²) in [4.78, 5) is 2.18. The summed E-state index contributed by atoms with van der Waals surface area (Å²) in [6.07, 6.45) is 0.718. The minimum Gasteiger partial charge on any atom is -0.505 e. The Morgan fingerprint density at radius 2 is 0.931 bits per heavy atom. The summed E-state index contributed by atoms with van der Waals surface area (Å²) in [5.74, 6) is 0.370. The van der Waals surface area contributed by atoms with Crippen molar-refractivity contribution in [3.63, 3.8) is 0 Å². The topological polar surface area (TPSA) is 62.8 Å². The Balaban J connectivity index is 0.00000160. The van der Waals surface area contributed by atoms with Gasteiger partial charge in [-0.2, -0.15) is 0 Å². The number of aryl methyl sites for hydroxylation is 2. The van der Waals surface area contributed by atoms with E-state index >= 15 is 0 Å². The van der Waals surface area contributed by atoms with Gasteiger partial charge in [0, 0.05) is 91.9 Å². The van der Waals surface area contributed by atoms with Gasteiger partial charge in [-0.05, 0) is 86.0 Å². The van der Waals surface area contributed by atoms with Crippen molar-refractivity contribution in [2.24, 2.45) is 0 Å². The van der Waals surface area contributed by atoms with E-state index in [1.54, 1.807) is 7.11 Å². The van der Waals surface area contributed by atoms with E-state index in [4.69, 9.17) is 4.74 Å². The number of phenolic OH excluding ortho intramolecular Hbond substituents is 2. The smallest absolute Gasteiger partial charge is 0.163 e. The minimum atomic E-state index is 0. The van der Waals surface area contributed by atoms with E-state index in [1.165, 1.54) is 0 Å². The maximum Gasteiger partial charge on any atom is 0.163 e. The van der Waals surface area contributed by atoms with Crippen LogP contribution in [-0.4, -0.2) is 39.6 Å². The SMILES string of the molecule is COCCCN(c1ccccc1-c1cc(C)cc(-n2c3ccccc3c3ccccc32)c1O)c1cc(C)cc(-n2c3ccccc3c3ccccc32)c1O.[CH3+].[CH3-].[CH3-].[Hf]. The van der Waals surface area contributed by atoms with Gasteiger partial charge in [0.1, 0.15) is 5.75 Å². The van der Waals surface area contributed by atoms with Crippen LogP contribution in [0, 0.1) is 36.1 Å². The predicted molar refractivity (Wildman–Crippen MR) is 243 cm³/mol. The summed E-state index contributed by atoms with van der Waals surface area (Å²) < 4.78 is 9.87. The molecule has 9 aromatic rings. The summed E-state index contributed by atoms with van der Waals surface area (Å²) in [5.41, 5.74) is 10.7. The zero-order chi connectivity index (χ0) is 36.9. The largest absolute Gasteiger partial charge is 0.505 e. The molecule has 7 heteroatoms. The minimum absolute atomic E-state index is 0. The Hall–Kier alpha value is -5.76. The fourth-order valence-corrected chi connectivity index (χ4v) is 8.29. The molecule has 0 fully saturated rings. The van der Waals surface area contributed by atoms with Gasteiger partial charge in [0.2, 0.25) is 0 Å². The second kappa shape index (κ2) is 17.8. The molecule has 2 heterocycles. The molecule has 0 saturated heterocycles. The van der Waals surface area contributed by atoms with Crippen molar-refractivity contribution >= 4 is 55.0 Å². The van der Waals surface area contributed by atoms with E-state index in [1.807, 2.05) is 36.4 Å². The second-order valence-electron chi connectivity index (χ2n) is 14.1. The fourth-order valence-electron chi connectivity index (χ4n) is 8.29. The Kier molecular flexibility index (Phi) is 13.3. The summed E-state index contributed by atoms with van der Waals surface area (Å²) in [6, 6.07) is 49.8. The van der Waals surface area contributed by atoms with Crippen LogP contribution in [0.2, 0.25) is 0 Å². The maximum atomic E-state index is 12.5. The van der Waals surface area contributed by atoms with Crippen LogP contribution in [0.25, 0.3) is 66.1 Å². The number of fused-ring (bicyclic) bond motifs is 6. The number of rotatable bonds is 9. The van der Waals surface area contributed by atoms with Crippen LogP contribution in [0.1, 0.15) is 17.5 Å². The molecular weight excluding hydrogens is 881 g/mol. The van der Waals surface area contributed by atoms with Crippen LogP contribution < -0.4 is 4.90 Å². The number of benzene rings is 7. The van der Waals surface area contributed by atoms with Crippen molar-refractivity contribution in [2.45, 2.75) is 20.3 Å². The molecule has 7 aromatic carbocycles. The molecule has 0 spiro atoms. The van der Waals surface area contributed by atoms with Gasteiger partial charge in [-0.3, -0.25) is 0 Å². The molecule has 2 aromatic heterocycles. The number of ether oxygens (including phenoxy) is 1. The Labute approximate surface area is 361 Å². The quantitative estimate of drug-likeness (QED) is 0.0860. The van der Waals surface area contributed by atoms with Crippen molar-refractivity contribution in [3.8, 4) is 34.0 Å². The molecule has 0 aliphatic heterocycles. The number of hydrogen-bond acceptors (Lipinski definition) is 4. The number of anilines is 2. The third-order valence-corrected chi connectivity index (χ3v) is 10.6. The number of aromatic nitrogens is 2. The van der Waals surface area contributed by atoms with Gasteiger partial charge < -0.3 is 43.8 Å². The van der Waals surface area contributed by atoms with Gasteiger partial charge in [-0.15, -0.1) is 0 Å². The molecule has 6 nitrogen and oxygen atoms in total. The third-order valence-electron chi connectivity index (χ3n) is 10.6. The van der Waals surface area contributed by atoms with Crippen LogP contribution >= 0.6 is 0 Å². The van der Waals surface area contributed by atoms with Gasteiger partial charge in [0.15, 0.2) is 5.75 Å². The predicted octanol–water partition coefficient (Wildman–Crippen LogP) is 13.1. The van der Waals surface area contributed by atoms with Gasteiger partial charge in [-0.1, -0.05) is 91.0 Å². The average Bonchev–Trinajstić information content (AvgIpc) is 3.71. The molecule has 9 rings (SSSR count). The fraction of sp³-hybridized carbons (Fsp3) is 0.118. The molecule has 0 bridgehead atoms. The van der Waals surface area contributed by atoms with E-state index in [9.17, 15) is 10.2 Å². The first kappa shape index (κ1) is 43.4. The average molecular weight is 931 g/mol. The van der Waals surface area contributed by atoms with E-state index in [0.717, 1.165) is 78.1 Å². The first-order chi connectivity index (χ1) is 26.4. The molecule has 0 aliphatic rings. The second-order valence-corrected chi connectivity index (χ2v) is 14.1. The number of hydrogen-bond donors (Lipinski definition) is 2. The number of methoxy groups -OCH3 is 1. The van der Waals surface area contributed by atoms with Crippen LogP contribution in [0.5, 0.6) is 11.5 Å². The van der Waals surface area contributed by atoms with Crippen molar-refractivity contribution in [3.05, 3.63) is 179 Å². The number of phenols is 2. The number of para-hydroxylation sites is 5. The molecular formula is C51H50HfN3O3-. The van der Waals surface area contributed by atoms with Crippen LogP contribution in [0.4, 0.5) is 11.4 Å². The normalized spacial score (nSPS) is 10.9. The van der Waals surface area contributed by atoms with E-state index < -0.39 is 0 Å². The Morgan fingerprint density at radius 1 is 0.517 bits per heavy atom. The monoisotopic (exact) mass is 932 g/mol. The molecule has 0 aliphatic carbocycles. The zero-order valence-electron chi connectivity index (χ0n) is 34.1. The molecule has 0 saturated carbocycles. The number of aromatic hydroxyl groups is 2.